The molecular formula is C12H25N3O. The molecule has 0 aromatic carbocycles. The van der Waals surface area contributed by atoms with Crippen molar-refractivity contribution < 1.29 is 4.74 Å². The summed E-state index contributed by atoms with van der Waals surface area (Å²) in [6.45, 7) is 5.10. The lowest BCUT2D eigenvalue weighted by Gasteiger charge is -2.37. The molecule has 2 aliphatic heterocycles. The molecule has 0 amide bonds. The van der Waals surface area contributed by atoms with Crippen LogP contribution in [0.25, 0.3) is 0 Å². The molecule has 94 valence electrons. The van der Waals surface area contributed by atoms with Gasteiger partial charge in [-0.05, 0) is 33.5 Å². The highest BCUT2D eigenvalue weighted by atomic mass is 16.5. The van der Waals surface area contributed by atoms with E-state index < -0.39 is 0 Å². The van der Waals surface area contributed by atoms with Crippen molar-refractivity contribution in [3.8, 4) is 0 Å². The Morgan fingerprint density at radius 1 is 1.44 bits per heavy atom. The highest BCUT2D eigenvalue weighted by molar-refractivity contribution is 4.84. The Morgan fingerprint density at radius 2 is 2.25 bits per heavy atom. The number of nitrogens with two attached hydrogens (primary N) is 1. The number of piperidine rings is 1. The Labute approximate surface area is 98.7 Å². The third-order valence-electron chi connectivity index (χ3n) is 3.99. The molecule has 0 aromatic heterocycles. The van der Waals surface area contributed by atoms with Crippen LogP contribution in [-0.2, 0) is 4.74 Å². The minimum absolute atomic E-state index is 0.240. The Bertz CT molecular complexity index is 224. The van der Waals surface area contributed by atoms with Crippen molar-refractivity contribution in [1.82, 2.24) is 9.80 Å². The molecule has 0 radical (unpaired) electrons. The first-order valence-corrected chi connectivity index (χ1v) is 6.39. The number of hydrogen-bond donors (Lipinski definition) is 1. The van der Waals surface area contributed by atoms with Crippen molar-refractivity contribution in [3.05, 3.63) is 0 Å². The van der Waals surface area contributed by atoms with E-state index in [2.05, 4.69) is 23.9 Å². The third kappa shape index (κ3) is 2.94. The molecule has 0 spiro atoms. The lowest BCUT2D eigenvalue weighted by Crippen LogP contribution is -2.48. The standard InChI is InChI=1S/C12H25N3O/c1-14-5-3-4-11(7-14)15(2)6-10-8-16-9-12(10)13/h10-12H,3-9,13H2,1-2H3. The van der Waals surface area contributed by atoms with Crippen molar-refractivity contribution in [2.75, 3.05) is 46.9 Å². The summed E-state index contributed by atoms with van der Waals surface area (Å²) in [5.74, 6) is 0.525. The SMILES string of the molecule is CN1CCCC(N(C)CC2COCC2N)C1. The summed E-state index contributed by atoms with van der Waals surface area (Å²) in [5.41, 5.74) is 6.02. The maximum Gasteiger partial charge on any atom is 0.0621 e. The fraction of sp³-hybridized carbons (Fsp3) is 1.00. The van der Waals surface area contributed by atoms with Crippen LogP contribution in [0, 0.1) is 5.92 Å². The van der Waals surface area contributed by atoms with E-state index >= 15 is 0 Å². The van der Waals surface area contributed by atoms with E-state index in [9.17, 15) is 0 Å². The Morgan fingerprint density at radius 3 is 2.88 bits per heavy atom. The lowest BCUT2D eigenvalue weighted by atomic mass is 10.0. The zero-order valence-corrected chi connectivity index (χ0v) is 10.6. The first-order chi connectivity index (χ1) is 7.66. The van der Waals surface area contributed by atoms with Crippen molar-refractivity contribution in [3.63, 3.8) is 0 Å². The summed E-state index contributed by atoms with van der Waals surface area (Å²) in [6.07, 6.45) is 2.64. The molecule has 2 saturated heterocycles. The number of hydrogen-bond acceptors (Lipinski definition) is 4. The number of nitrogens with zero attached hydrogens (tertiary/aromatic N) is 2. The van der Waals surface area contributed by atoms with Gasteiger partial charge in [-0.2, -0.15) is 0 Å². The van der Waals surface area contributed by atoms with E-state index in [4.69, 9.17) is 10.5 Å². The van der Waals surface area contributed by atoms with Gasteiger partial charge in [0, 0.05) is 31.1 Å². The van der Waals surface area contributed by atoms with Crippen molar-refractivity contribution in [2.45, 2.75) is 24.9 Å². The van der Waals surface area contributed by atoms with Gasteiger partial charge < -0.3 is 20.3 Å². The largest absolute Gasteiger partial charge is 0.379 e. The van der Waals surface area contributed by atoms with Crippen LogP contribution in [0.2, 0.25) is 0 Å². The van der Waals surface area contributed by atoms with E-state index in [-0.39, 0.29) is 6.04 Å². The molecule has 0 aliphatic carbocycles. The summed E-state index contributed by atoms with van der Waals surface area (Å²) in [5, 5.41) is 0. The molecule has 2 rings (SSSR count). The first kappa shape index (κ1) is 12.3. The van der Waals surface area contributed by atoms with Crippen LogP contribution >= 0.6 is 0 Å². The van der Waals surface area contributed by atoms with Crippen LogP contribution in [0.4, 0.5) is 0 Å². The summed E-state index contributed by atoms with van der Waals surface area (Å²) >= 11 is 0. The molecule has 4 heteroatoms. The van der Waals surface area contributed by atoms with Crippen LogP contribution in [0.1, 0.15) is 12.8 Å². The van der Waals surface area contributed by atoms with Crippen LogP contribution in [0.5, 0.6) is 0 Å². The predicted molar refractivity (Wildman–Crippen MR) is 65.4 cm³/mol. The first-order valence-electron chi connectivity index (χ1n) is 6.39. The second-order valence-electron chi connectivity index (χ2n) is 5.46. The molecule has 2 N–H and O–H groups in total. The van der Waals surface area contributed by atoms with Gasteiger partial charge in [0.25, 0.3) is 0 Å². The molecule has 3 atom stereocenters. The van der Waals surface area contributed by atoms with Gasteiger partial charge >= 0.3 is 0 Å². The molecule has 16 heavy (non-hydrogen) atoms. The van der Waals surface area contributed by atoms with Crippen molar-refractivity contribution in [1.29, 1.82) is 0 Å². The van der Waals surface area contributed by atoms with Gasteiger partial charge in [-0.1, -0.05) is 0 Å². The number of rotatable bonds is 3. The lowest BCUT2D eigenvalue weighted by molar-refractivity contribution is 0.112. The minimum atomic E-state index is 0.240. The number of ether oxygens (including phenoxy) is 1. The van der Waals surface area contributed by atoms with Crippen LogP contribution in [0.3, 0.4) is 0 Å². The van der Waals surface area contributed by atoms with Crippen molar-refractivity contribution >= 4 is 0 Å². The molecule has 2 heterocycles. The van der Waals surface area contributed by atoms with Gasteiger partial charge in [0.2, 0.25) is 0 Å². The van der Waals surface area contributed by atoms with E-state index in [0.29, 0.717) is 12.0 Å². The van der Waals surface area contributed by atoms with Gasteiger partial charge in [-0.25, -0.2) is 0 Å². The molecule has 0 bridgehead atoms. The summed E-state index contributed by atoms with van der Waals surface area (Å²) in [6, 6.07) is 0.940. The van der Waals surface area contributed by atoms with E-state index in [1.807, 2.05) is 0 Å². The maximum absolute atomic E-state index is 6.02. The van der Waals surface area contributed by atoms with Gasteiger partial charge in [-0.15, -0.1) is 0 Å². The normalized spacial score (nSPS) is 37.1. The highest BCUT2D eigenvalue weighted by Gasteiger charge is 2.29. The second-order valence-corrected chi connectivity index (χ2v) is 5.46. The molecule has 0 saturated carbocycles. The average Bonchev–Trinajstić information content (AvgIpc) is 2.64. The fourth-order valence-corrected chi connectivity index (χ4v) is 2.82. The Balaban J connectivity index is 1.80. The topological polar surface area (TPSA) is 41.7 Å². The predicted octanol–water partition coefficient (Wildman–Crippen LogP) is -0.0139. The van der Waals surface area contributed by atoms with Gasteiger partial charge in [0.15, 0.2) is 0 Å². The van der Waals surface area contributed by atoms with Crippen LogP contribution in [0.15, 0.2) is 0 Å². The molecule has 2 aliphatic rings. The number of likely N-dealkylation sites (tertiary alicyclic amines) is 1. The third-order valence-corrected chi connectivity index (χ3v) is 3.99. The highest BCUT2D eigenvalue weighted by Crippen LogP contribution is 2.18. The summed E-state index contributed by atoms with van der Waals surface area (Å²) < 4.78 is 5.42. The minimum Gasteiger partial charge on any atom is -0.379 e. The molecule has 4 nitrogen and oxygen atoms in total. The zero-order valence-electron chi connectivity index (χ0n) is 10.6. The van der Waals surface area contributed by atoms with Crippen LogP contribution in [-0.4, -0.2) is 68.8 Å². The van der Waals surface area contributed by atoms with Gasteiger partial charge in [-0.3, -0.25) is 0 Å². The maximum atomic E-state index is 6.02. The summed E-state index contributed by atoms with van der Waals surface area (Å²) in [7, 11) is 4.44. The molecule has 0 aromatic rings. The average molecular weight is 227 g/mol. The second kappa shape index (κ2) is 5.45. The Kier molecular flexibility index (Phi) is 4.19. The van der Waals surface area contributed by atoms with Gasteiger partial charge in [0.05, 0.1) is 13.2 Å². The van der Waals surface area contributed by atoms with Gasteiger partial charge in [0.1, 0.15) is 0 Å². The van der Waals surface area contributed by atoms with E-state index in [0.717, 1.165) is 19.8 Å². The monoisotopic (exact) mass is 227 g/mol. The number of likely N-dealkylation sites (N-methyl/N-ethyl adjacent to an activating group) is 2. The smallest absolute Gasteiger partial charge is 0.0621 e. The summed E-state index contributed by atoms with van der Waals surface area (Å²) in [4.78, 5) is 4.91. The molecular weight excluding hydrogens is 202 g/mol. The quantitative estimate of drug-likeness (QED) is 0.736. The Hall–Kier alpha value is -0.160. The zero-order chi connectivity index (χ0) is 11.5. The van der Waals surface area contributed by atoms with Crippen LogP contribution < -0.4 is 5.73 Å². The molecule has 3 unspecified atom stereocenters. The van der Waals surface area contributed by atoms with E-state index in [1.54, 1.807) is 0 Å². The van der Waals surface area contributed by atoms with E-state index in [1.165, 1.54) is 25.9 Å². The fourth-order valence-electron chi connectivity index (χ4n) is 2.82. The van der Waals surface area contributed by atoms with Crippen molar-refractivity contribution in [2.24, 2.45) is 11.7 Å². The molecule has 2 fully saturated rings.